The van der Waals surface area contributed by atoms with Gasteiger partial charge in [-0.05, 0) is 24.0 Å². The van der Waals surface area contributed by atoms with Crippen LogP contribution in [0, 0.1) is 0 Å². The van der Waals surface area contributed by atoms with Gasteiger partial charge in [-0.1, -0.05) is 12.2 Å². The van der Waals surface area contributed by atoms with Crippen LogP contribution in [0.5, 0.6) is 0 Å². The van der Waals surface area contributed by atoms with Crippen molar-refractivity contribution in [1.29, 1.82) is 0 Å². The van der Waals surface area contributed by atoms with Gasteiger partial charge in [0, 0.05) is 0 Å². The maximum atomic E-state index is 5.83. The lowest BCUT2D eigenvalue weighted by Crippen LogP contribution is -2.15. The van der Waals surface area contributed by atoms with Gasteiger partial charge in [-0.25, -0.2) is 0 Å². The first-order chi connectivity index (χ1) is 5.93. The average molecular weight is 162 g/mol. The van der Waals surface area contributed by atoms with Crippen LogP contribution in [0.4, 0.5) is 0 Å². The third-order valence-corrected chi connectivity index (χ3v) is 3.41. The van der Waals surface area contributed by atoms with Crippen molar-refractivity contribution in [2.45, 2.75) is 37.3 Å². The molecule has 4 heterocycles. The second kappa shape index (κ2) is 1.68. The zero-order valence-corrected chi connectivity index (χ0v) is 6.69. The van der Waals surface area contributed by atoms with Gasteiger partial charge in [0.2, 0.25) is 0 Å². The Labute approximate surface area is 70.8 Å². The van der Waals surface area contributed by atoms with Crippen LogP contribution in [-0.2, 0) is 9.47 Å². The third kappa shape index (κ3) is 0.474. The van der Waals surface area contributed by atoms with Crippen molar-refractivity contribution in [2.24, 2.45) is 0 Å². The molecule has 0 amide bonds. The summed E-state index contributed by atoms with van der Waals surface area (Å²) < 4.78 is 11.6. The molecule has 62 valence electrons. The van der Waals surface area contributed by atoms with E-state index in [4.69, 9.17) is 9.47 Å². The lowest BCUT2D eigenvalue weighted by atomic mass is 9.85. The van der Waals surface area contributed by atoms with E-state index >= 15 is 0 Å². The van der Waals surface area contributed by atoms with E-state index in [-0.39, 0.29) is 12.2 Å². The molecule has 4 aliphatic heterocycles. The maximum Gasteiger partial charge on any atom is 0.101 e. The van der Waals surface area contributed by atoms with Crippen LogP contribution in [-0.4, -0.2) is 24.4 Å². The Morgan fingerprint density at radius 3 is 2.08 bits per heavy atom. The van der Waals surface area contributed by atoms with Crippen LogP contribution in [0.15, 0.2) is 23.3 Å². The molecule has 0 radical (unpaired) electrons. The number of rotatable bonds is 0. The maximum absolute atomic E-state index is 5.83. The largest absolute Gasteiger partial charge is 0.366 e. The predicted octanol–water partition coefficient (Wildman–Crippen LogP) is 1.18. The summed E-state index contributed by atoms with van der Waals surface area (Å²) in [5.74, 6) is 0. The Balaban J connectivity index is 1.91. The summed E-state index contributed by atoms with van der Waals surface area (Å²) in [5.41, 5.74) is 2.94. The molecule has 4 atom stereocenters. The minimum absolute atomic E-state index is 0.278. The van der Waals surface area contributed by atoms with Crippen molar-refractivity contribution >= 4 is 0 Å². The zero-order valence-electron chi connectivity index (χ0n) is 6.69. The van der Waals surface area contributed by atoms with Crippen LogP contribution in [0.3, 0.4) is 0 Å². The van der Waals surface area contributed by atoms with E-state index in [1.165, 1.54) is 24.0 Å². The fraction of sp³-hybridized carbons (Fsp3) is 0.600. The molecule has 0 aliphatic carbocycles. The summed E-state index contributed by atoms with van der Waals surface area (Å²) in [6.45, 7) is 0. The lowest BCUT2D eigenvalue weighted by molar-refractivity contribution is 0.0520. The van der Waals surface area contributed by atoms with Gasteiger partial charge >= 0.3 is 0 Å². The summed E-state index contributed by atoms with van der Waals surface area (Å²) in [5, 5.41) is 0. The van der Waals surface area contributed by atoms with Crippen LogP contribution in [0.2, 0.25) is 0 Å². The molecule has 0 aromatic carbocycles. The first-order valence-electron chi connectivity index (χ1n) is 4.66. The summed E-state index contributed by atoms with van der Waals surface area (Å²) >= 11 is 0. The molecule has 4 unspecified atom stereocenters. The van der Waals surface area contributed by atoms with Crippen molar-refractivity contribution in [3.05, 3.63) is 23.3 Å². The van der Waals surface area contributed by atoms with Crippen LogP contribution >= 0.6 is 0 Å². The molecule has 1 saturated heterocycles. The summed E-state index contributed by atoms with van der Waals surface area (Å²) in [6, 6.07) is 0. The van der Waals surface area contributed by atoms with Crippen LogP contribution in [0.1, 0.15) is 12.8 Å². The Kier molecular flexibility index (Phi) is 0.832. The fourth-order valence-electron chi connectivity index (χ4n) is 2.97. The Morgan fingerprint density at radius 2 is 1.50 bits per heavy atom. The molecule has 4 aliphatic rings. The van der Waals surface area contributed by atoms with Crippen molar-refractivity contribution in [2.75, 3.05) is 0 Å². The smallest absolute Gasteiger partial charge is 0.101 e. The van der Waals surface area contributed by atoms with E-state index < -0.39 is 0 Å². The van der Waals surface area contributed by atoms with Gasteiger partial charge in [-0.15, -0.1) is 0 Å². The molecular formula is C10H10O2. The molecule has 0 N–H and O–H groups in total. The molecule has 4 bridgehead atoms. The Hall–Kier alpha value is -0.600. The second-order valence-corrected chi connectivity index (χ2v) is 3.96. The van der Waals surface area contributed by atoms with E-state index in [0.29, 0.717) is 12.2 Å². The fourth-order valence-corrected chi connectivity index (χ4v) is 2.97. The molecule has 0 saturated carbocycles. The summed E-state index contributed by atoms with van der Waals surface area (Å²) in [4.78, 5) is 0. The highest BCUT2D eigenvalue weighted by atomic mass is 16.5. The lowest BCUT2D eigenvalue weighted by Gasteiger charge is -2.13. The van der Waals surface area contributed by atoms with E-state index in [2.05, 4.69) is 12.2 Å². The number of fused-ring (bicyclic) bond motifs is 8. The molecule has 12 heavy (non-hydrogen) atoms. The first-order valence-corrected chi connectivity index (χ1v) is 4.66. The second-order valence-electron chi connectivity index (χ2n) is 3.96. The van der Waals surface area contributed by atoms with Gasteiger partial charge in [-0.3, -0.25) is 0 Å². The van der Waals surface area contributed by atoms with Crippen molar-refractivity contribution in [3.8, 4) is 0 Å². The van der Waals surface area contributed by atoms with Crippen LogP contribution in [0.25, 0.3) is 0 Å². The number of ether oxygens (including phenoxy) is 2. The van der Waals surface area contributed by atoms with Gasteiger partial charge in [0.15, 0.2) is 0 Å². The van der Waals surface area contributed by atoms with Crippen molar-refractivity contribution < 1.29 is 9.47 Å². The highest BCUT2D eigenvalue weighted by molar-refractivity contribution is 5.47. The monoisotopic (exact) mass is 162 g/mol. The van der Waals surface area contributed by atoms with E-state index in [1.807, 2.05) is 0 Å². The molecule has 0 spiro atoms. The van der Waals surface area contributed by atoms with Gasteiger partial charge in [-0.2, -0.15) is 0 Å². The van der Waals surface area contributed by atoms with Crippen LogP contribution < -0.4 is 0 Å². The summed E-state index contributed by atoms with van der Waals surface area (Å²) in [6.07, 6.45) is 8.14. The molecule has 1 fully saturated rings. The average Bonchev–Trinajstić information content (AvgIpc) is 2.83. The number of hydrogen-bond acceptors (Lipinski definition) is 2. The van der Waals surface area contributed by atoms with E-state index in [1.54, 1.807) is 0 Å². The quantitative estimate of drug-likeness (QED) is 0.498. The predicted molar refractivity (Wildman–Crippen MR) is 42.7 cm³/mol. The standard InChI is InChI=1S/C10H10O2/c1-2-6-10-8-4-3-7(12-8)9(10)5(1)11-6/h1-2,5-8H,3-4H2. The SMILES string of the molecule is C1=CC2OC1C1=C2C2CCC1O2. The van der Waals surface area contributed by atoms with E-state index in [9.17, 15) is 0 Å². The highest BCUT2D eigenvalue weighted by Crippen LogP contribution is 2.50. The number of hydrogen-bond donors (Lipinski definition) is 0. The van der Waals surface area contributed by atoms with Gasteiger partial charge in [0.25, 0.3) is 0 Å². The Morgan fingerprint density at radius 1 is 0.917 bits per heavy atom. The molecular weight excluding hydrogens is 152 g/mol. The van der Waals surface area contributed by atoms with Gasteiger partial charge < -0.3 is 9.47 Å². The topological polar surface area (TPSA) is 18.5 Å². The van der Waals surface area contributed by atoms with Crippen molar-refractivity contribution in [1.82, 2.24) is 0 Å². The minimum Gasteiger partial charge on any atom is -0.366 e. The molecule has 2 nitrogen and oxygen atoms in total. The zero-order chi connectivity index (χ0) is 7.71. The Bertz CT molecular complexity index is 288. The van der Waals surface area contributed by atoms with Gasteiger partial charge in [0.05, 0.1) is 12.2 Å². The molecule has 0 aromatic rings. The van der Waals surface area contributed by atoms with Gasteiger partial charge in [0.1, 0.15) is 12.2 Å². The van der Waals surface area contributed by atoms with Crippen molar-refractivity contribution in [3.63, 3.8) is 0 Å². The third-order valence-electron chi connectivity index (χ3n) is 3.41. The normalized spacial score (nSPS) is 52.7. The summed E-state index contributed by atoms with van der Waals surface area (Å²) in [7, 11) is 0. The highest BCUT2D eigenvalue weighted by Gasteiger charge is 2.51. The molecule has 4 rings (SSSR count). The first kappa shape index (κ1) is 5.95. The molecule has 0 aromatic heterocycles. The van der Waals surface area contributed by atoms with E-state index in [0.717, 1.165) is 0 Å². The minimum atomic E-state index is 0.278. The molecule has 2 heteroatoms.